The Hall–Kier alpha value is -0.700. The second-order valence-corrected chi connectivity index (χ2v) is 6.49. The number of rotatable bonds is 4. The Morgan fingerprint density at radius 2 is 2.06 bits per heavy atom. The van der Waals surface area contributed by atoms with Crippen LogP contribution in [0.1, 0.15) is 27.7 Å². The van der Waals surface area contributed by atoms with Gasteiger partial charge in [0.05, 0.1) is 5.60 Å². The normalized spacial score (nSPS) is 31.5. The maximum Gasteiger partial charge on any atom is 0.395 e. The number of hydrogen-bond acceptors (Lipinski definition) is 3. The molecule has 0 aromatic heterocycles. The van der Waals surface area contributed by atoms with Gasteiger partial charge in [-0.1, -0.05) is 45.1 Å². The monoisotopic (exact) mass is 258 g/mol. The van der Waals surface area contributed by atoms with Crippen LogP contribution in [0.4, 0.5) is 0 Å². The molecule has 3 atom stereocenters. The maximum absolute atomic E-state index is 11.9. The molecule has 96 valence electrons. The Balaban J connectivity index is 2.91. The lowest BCUT2D eigenvalue weighted by Gasteiger charge is -2.34. The summed E-state index contributed by atoms with van der Waals surface area (Å²) in [5.41, 5.74) is -1.65. The van der Waals surface area contributed by atoms with Gasteiger partial charge in [-0.25, -0.2) is 0 Å². The van der Waals surface area contributed by atoms with Gasteiger partial charge in [0.1, 0.15) is 0 Å². The summed E-state index contributed by atoms with van der Waals surface area (Å²) in [6.07, 6.45) is 7.18. The number of carbonyl (C=O) groups excluding carboxylic acids is 1. The average molecular weight is 258 g/mol. The van der Waals surface area contributed by atoms with Gasteiger partial charge >= 0.3 is 7.60 Å². The van der Waals surface area contributed by atoms with Crippen molar-refractivity contribution in [1.29, 1.82) is 0 Å². The van der Waals surface area contributed by atoms with Crippen LogP contribution in [0.15, 0.2) is 24.3 Å². The van der Waals surface area contributed by atoms with Crippen LogP contribution in [-0.4, -0.2) is 16.0 Å². The fraction of sp³-hybridized carbons (Fsp3) is 0.583. The van der Waals surface area contributed by atoms with Crippen molar-refractivity contribution in [3.05, 3.63) is 24.3 Å². The van der Waals surface area contributed by atoms with Crippen LogP contribution in [0, 0.1) is 11.8 Å². The van der Waals surface area contributed by atoms with Gasteiger partial charge in [-0.3, -0.25) is 13.9 Å². The van der Waals surface area contributed by atoms with Crippen molar-refractivity contribution in [3.63, 3.8) is 0 Å². The molecule has 3 unspecified atom stereocenters. The highest BCUT2D eigenvalue weighted by molar-refractivity contribution is 7.71. The lowest BCUT2D eigenvalue weighted by atomic mass is 9.87. The first-order valence-corrected chi connectivity index (χ1v) is 7.21. The molecule has 0 fully saturated rings. The molecule has 1 rings (SSSR count). The van der Waals surface area contributed by atoms with Crippen LogP contribution in [0.25, 0.3) is 0 Å². The smallest absolute Gasteiger partial charge is 0.319 e. The fourth-order valence-electron chi connectivity index (χ4n) is 1.57. The third kappa shape index (κ3) is 3.15. The Labute approximate surface area is 102 Å². The molecule has 0 saturated heterocycles. The minimum atomic E-state index is -4.23. The molecule has 5 heteroatoms. The third-order valence-electron chi connectivity index (χ3n) is 2.94. The summed E-state index contributed by atoms with van der Waals surface area (Å²) in [5, 5.41) is 0. The Bertz CT molecular complexity index is 411. The number of allylic oxidation sites excluding steroid dienone is 2. The number of carbonyl (C=O) groups is 1. The molecule has 1 aliphatic carbocycles. The lowest BCUT2D eigenvalue weighted by Crippen LogP contribution is -2.34. The van der Waals surface area contributed by atoms with Gasteiger partial charge in [-0.2, -0.15) is 0 Å². The van der Waals surface area contributed by atoms with Gasteiger partial charge in [0.15, 0.2) is 0 Å². The van der Waals surface area contributed by atoms with Gasteiger partial charge in [-0.05, 0) is 6.92 Å². The minimum Gasteiger partial charge on any atom is -0.319 e. The van der Waals surface area contributed by atoms with Gasteiger partial charge < -0.3 is 4.89 Å². The van der Waals surface area contributed by atoms with E-state index in [-0.39, 0.29) is 5.92 Å². The first-order chi connectivity index (χ1) is 7.69. The van der Waals surface area contributed by atoms with Crippen LogP contribution < -0.4 is 0 Å². The van der Waals surface area contributed by atoms with E-state index in [1.54, 1.807) is 32.9 Å². The van der Waals surface area contributed by atoms with Gasteiger partial charge in [-0.15, -0.1) is 0 Å². The molecule has 0 amide bonds. The third-order valence-corrected chi connectivity index (χ3v) is 4.65. The van der Waals surface area contributed by atoms with Crippen LogP contribution >= 0.6 is 7.60 Å². The first kappa shape index (κ1) is 14.4. The first-order valence-electron chi connectivity index (χ1n) is 5.63. The zero-order valence-electron chi connectivity index (χ0n) is 10.6. The Kier molecular flexibility index (Phi) is 4.13. The second kappa shape index (κ2) is 4.89. The van der Waals surface area contributed by atoms with Crippen LogP contribution in [-0.2, 0) is 13.9 Å². The average Bonchev–Trinajstić information content (AvgIpc) is 2.20. The van der Waals surface area contributed by atoms with E-state index in [4.69, 9.17) is 4.52 Å². The van der Waals surface area contributed by atoms with Crippen molar-refractivity contribution in [2.24, 2.45) is 11.8 Å². The summed E-state index contributed by atoms with van der Waals surface area (Å²) in [5.74, 6) is -0.583. The predicted molar refractivity (Wildman–Crippen MR) is 66.6 cm³/mol. The van der Waals surface area contributed by atoms with Crippen molar-refractivity contribution < 1.29 is 18.8 Å². The van der Waals surface area contributed by atoms with Crippen LogP contribution in [0.3, 0.4) is 0 Å². The summed E-state index contributed by atoms with van der Waals surface area (Å²) in [7, 11) is -4.23. The quantitative estimate of drug-likeness (QED) is 0.787. The molecule has 1 aliphatic rings. The van der Waals surface area contributed by atoms with E-state index < -0.39 is 24.6 Å². The molecule has 4 nitrogen and oxygen atoms in total. The maximum atomic E-state index is 11.9. The Morgan fingerprint density at radius 3 is 2.53 bits per heavy atom. The van der Waals surface area contributed by atoms with Crippen molar-refractivity contribution >= 4 is 13.1 Å². The Morgan fingerprint density at radius 1 is 1.47 bits per heavy atom. The molecule has 0 aromatic carbocycles. The topological polar surface area (TPSA) is 63.6 Å². The molecule has 1 N–H and O–H groups in total. The van der Waals surface area contributed by atoms with Crippen molar-refractivity contribution in [2.45, 2.75) is 33.3 Å². The summed E-state index contributed by atoms with van der Waals surface area (Å²) < 4.78 is 17.1. The van der Waals surface area contributed by atoms with E-state index in [1.165, 1.54) is 0 Å². The molecule has 17 heavy (non-hydrogen) atoms. The summed E-state index contributed by atoms with van der Waals surface area (Å²) in [6, 6.07) is 0. The van der Waals surface area contributed by atoms with E-state index in [1.807, 2.05) is 19.1 Å². The highest BCUT2D eigenvalue weighted by Gasteiger charge is 2.42. The standard InChI is InChI=1S/C12H19O4P/c1-9(2)11(13)17(14,15)16-12(4)8-6-5-7-10(12)3/h5-10H,1-4H3,(H,14,15). The van der Waals surface area contributed by atoms with E-state index >= 15 is 0 Å². The molecule has 0 aromatic rings. The van der Waals surface area contributed by atoms with E-state index in [0.717, 1.165) is 0 Å². The molecule has 0 aliphatic heterocycles. The van der Waals surface area contributed by atoms with Gasteiger partial charge in [0.25, 0.3) is 0 Å². The van der Waals surface area contributed by atoms with E-state index in [9.17, 15) is 14.3 Å². The highest BCUT2D eigenvalue weighted by atomic mass is 31.2. The largest absolute Gasteiger partial charge is 0.395 e. The highest BCUT2D eigenvalue weighted by Crippen LogP contribution is 2.51. The number of hydrogen-bond donors (Lipinski definition) is 1. The lowest BCUT2D eigenvalue weighted by molar-refractivity contribution is -0.117. The zero-order chi connectivity index (χ0) is 13.3. The molecule has 0 bridgehead atoms. The molecule has 0 saturated carbocycles. The minimum absolute atomic E-state index is 0.0621. The molecule has 0 spiro atoms. The van der Waals surface area contributed by atoms with Gasteiger partial charge in [0, 0.05) is 11.8 Å². The summed E-state index contributed by atoms with van der Waals surface area (Å²) >= 11 is 0. The summed E-state index contributed by atoms with van der Waals surface area (Å²) in [4.78, 5) is 21.3. The SMILES string of the molecule is CC(C)C(=O)P(=O)(O)OC1(C)C=CC=CC1C. The molecule has 0 radical (unpaired) electrons. The fourth-order valence-corrected chi connectivity index (χ4v) is 3.07. The molecular weight excluding hydrogens is 239 g/mol. The van der Waals surface area contributed by atoms with Crippen molar-refractivity contribution in [3.8, 4) is 0 Å². The summed E-state index contributed by atoms with van der Waals surface area (Å²) in [6.45, 7) is 6.74. The second-order valence-electron chi connectivity index (χ2n) is 4.82. The van der Waals surface area contributed by atoms with Crippen LogP contribution in [0.2, 0.25) is 0 Å². The molecular formula is C12H19O4P. The van der Waals surface area contributed by atoms with Crippen LogP contribution in [0.5, 0.6) is 0 Å². The molecule has 0 heterocycles. The van der Waals surface area contributed by atoms with E-state index in [0.29, 0.717) is 0 Å². The van der Waals surface area contributed by atoms with Gasteiger partial charge in [0.2, 0.25) is 5.52 Å². The van der Waals surface area contributed by atoms with E-state index in [2.05, 4.69) is 0 Å². The predicted octanol–water partition coefficient (Wildman–Crippen LogP) is 2.89. The zero-order valence-corrected chi connectivity index (χ0v) is 11.5. The van der Waals surface area contributed by atoms with Crippen molar-refractivity contribution in [2.75, 3.05) is 0 Å². The van der Waals surface area contributed by atoms with Crippen molar-refractivity contribution in [1.82, 2.24) is 0 Å².